The van der Waals surface area contributed by atoms with E-state index in [2.05, 4.69) is 52.1 Å². The Morgan fingerprint density at radius 2 is 1.31 bits per heavy atom. The van der Waals surface area contributed by atoms with Gasteiger partial charge in [-0.15, -0.1) is 0 Å². The first kappa shape index (κ1) is 23.5. The lowest BCUT2D eigenvalue weighted by molar-refractivity contribution is 0.717. The average Bonchev–Trinajstić information content (AvgIpc) is 3.42. The second kappa shape index (κ2) is 9.81. The molecule has 0 N–H and O–H groups in total. The van der Waals surface area contributed by atoms with Crippen molar-refractivity contribution in [2.45, 2.75) is 46.5 Å². The zero-order valence-corrected chi connectivity index (χ0v) is 21.3. The van der Waals surface area contributed by atoms with Crippen LogP contribution in [0.15, 0.2) is 42.5 Å². The van der Waals surface area contributed by atoms with Crippen molar-refractivity contribution in [1.82, 2.24) is 18.7 Å². The summed E-state index contributed by atoms with van der Waals surface area (Å²) >= 11 is 1.19. The molecular weight excluding hydrogens is 464 g/mol. The highest BCUT2D eigenvalue weighted by molar-refractivity contribution is 7.00. The molecule has 0 unspecified atom stereocenters. The quantitative estimate of drug-likeness (QED) is 0.237. The molecule has 36 heavy (non-hydrogen) atoms. The Labute approximate surface area is 214 Å². The molecule has 0 saturated carbocycles. The second-order valence-corrected chi connectivity index (χ2v) is 9.50. The highest BCUT2D eigenvalue weighted by Crippen LogP contribution is 2.36. The van der Waals surface area contributed by atoms with E-state index in [0.717, 1.165) is 56.4 Å². The number of hydrogen-bond acceptors (Lipinski definition) is 7. The van der Waals surface area contributed by atoms with Crippen LogP contribution in [0.5, 0.6) is 0 Å². The SMILES string of the molecule is CCCCCc1ccc(-c2nc3c(C)c4nsnc4c(C)c3nc2-c2ccc(C#N)c(C#N)c2)cc1. The van der Waals surface area contributed by atoms with Gasteiger partial charge in [0, 0.05) is 22.3 Å². The summed E-state index contributed by atoms with van der Waals surface area (Å²) in [5.74, 6) is 0. The average molecular weight is 489 g/mol. The van der Waals surface area contributed by atoms with Gasteiger partial charge in [0.05, 0.1) is 45.3 Å². The van der Waals surface area contributed by atoms with Crippen LogP contribution in [-0.2, 0) is 6.42 Å². The van der Waals surface area contributed by atoms with Crippen LogP contribution in [-0.4, -0.2) is 18.7 Å². The van der Waals surface area contributed by atoms with Crippen molar-refractivity contribution < 1.29 is 0 Å². The number of hydrogen-bond donors (Lipinski definition) is 0. The Kier molecular flexibility index (Phi) is 6.41. The van der Waals surface area contributed by atoms with E-state index < -0.39 is 0 Å². The summed E-state index contributed by atoms with van der Waals surface area (Å²) in [4.78, 5) is 10.2. The van der Waals surface area contributed by atoms with E-state index in [4.69, 9.17) is 9.97 Å². The molecule has 0 bridgehead atoms. The molecule has 6 nitrogen and oxygen atoms in total. The molecular formula is C29H24N6S. The Bertz CT molecular complexity index is 1690. The third-order valence-electron chi connectivity index (χ3n) is 6.64. The minimum absolute atomic E-state index is 0.321. The Morgan fingerprint density at radius 1 is 0.722 bits per heavy atom. The van der Waals surface area contributed by atoms with Gasteiger partial charge in [0.1, 0.15) is 23.2 Å². The van der Waals surface area contributed by atoms with E-state index in [1.54, 1.807) is 12.1 Å². The van der Waals surface area contributed by atoms with E-state index in [0.29, 0.717) is 16.8 Å². The zero-order valence-electron chi connectivity index (χ0n) is 20.5. The standard InChI is InChI=1S/C29H24N6S/c1-4-5-6-7-19-8-10-20(11-9-19)28-29(21-12-13-22(15-30)23(14-21)16-31)33-25-18(3)27-26(34-36-35-27)17(2)24(25)32-28/h8-14H,4-7H2,1-3H3. The molecule has 5 aromatic rings. The molecule has 0 aliphatic carbocycles. The molecule has 0 aliphatic rings. The molecule has 0 aliphatic heterocycles. The number of nitriles is 2. The van der Waals surface area contributed by atoms with Crippen LogP contribution >= 0.6 is 11.7 Å². The second-order valence-electron chi connectivity index (χ2n) is 8.97. The number of aryl methyl sites for hydroxylation is 3. The van der Waals surface area contributed by atoms with E-state index >= 15 is 0 Å². The largest absolute Gasteiger partial charge is 0.243 e. The summed E-state index contributed by atoms with van der Waals surface area (Å²) in [5.41, 5.74) is 10.2. The van der Waals surface area contributed by atoms with Crippen LogP contribution in [0.2, 0.25) is 0 Å². The van der Waals surface area contributed by atoms with Gasteiger partial charge < -0.3 is 0 Å². The number of unbranched alkanes of at least 4 members (excludes halogenated alkanes) is 2. The van der Waals surface area contributed by atoms with Crippen molar-refractivity contribution in [2.75, 3.05) is 0 Å². The molecule has 0 radical (unpaired) electrons. The van der Waals surface area contributed by atoms with Gasteiger partial charge in [-0.25, -0.2) is 9.97 Å². The van der Waals surface area contributed by atoms with Gasteiger partial charge in [0.15, 0.2) is 0 Å². The van der Waals surface area contributed by atoms with Crippen molar-refractivity contribution in [2.24, 2.45) is 0 Å². The van der Waals surface area contributed by atoms with Crippen LogP contribution < -0.4 is 0 Å². The molecule has 0 saturated heterocycles. The van der Waals surface area contributed by atoms with Crippen molar-refractivity contribution in [1.29, 1.82) is 10.5 Å². The van der Waals surface area contributed by atoms with Crippen LogP contribution in [0, 0.1) is 36.5 Å². The summed E-state index contributed by atoms with van der Waals surface area (Å²) in [6.45, 7) is 6.22. The fraction of sp³-hybridized carbons (Fsp3) is 0.241. The van der Waals surface area contributed by atoms with Crippen LogP contribution in [0.1, 0.15) is 54.0 Å². The van der Waals surface area contributed by atoms with Gasteiger partial charge >= 0.3 is 0 Å². The van der Waals surface area contributed by atoms with Gasteiger partial charge in [-0.1, -0.05) is 50.1 Å². The van der Waals surface area contributed by atoms with Gasteiger partial charge in [0.25, 0.3) is 0 Å². The van der Waals surface area contributed by atoms with Gasteiger partial charge in [-0.3, -0.25) is 0 Å². The number of fused-ring (bicyclic) bond motifs is 2. The number of aromatic nitrogens is 4. The minimum Gasteiger partial charge on any atom is -0.243 e. The monoisotopic (exact) mass is 488 g/mol. The molecule has 176 valence electrons. The fourth-order valence-electron chi connectivity index (χ4n) is 4.56. The predicted octanol–water partition coefficient (Wildman–Crippen LogP) is 7.06. The van der Waals surface area contributed by atoms with Crippen LogP contribution in [0.25, 0.3) is 44.6 Å². The van der Waals surface area contributed by atoms with E-state index in [1.807, 2.05) is 19.9 Å². The molecule has 0 fully saturated rings. The Morgan fingerprint density at radius 3 is 1.89 bits per heavy atom. The summed E-state index contributed by atoms with van der Waals surface area (Å²) in [6, 6.07) is 18.0. The first-order valence-corrected chi connectivity index (χ1v) is 12.8. The molecule has 2 aromatic heterocycles. The van der Waals surface area contributed by atoms with Crippen LogP contribution in [0.4, 0.5) is 0 Å². The highest BCUT2D eigenvalue weighted by Gasteiger charge is 2.20. The smallest absolute Gasteiger partial charge is 0.110 e. The lowest BCUT2D eigenvalue weighted by atomic mass is 9.97. The van der Waals surface area contributed by atoms with E-state index in [1.165, 1.54) is 36.6 Å². The third kappa shape index (κ3) is 4.08. The van der Waals surface area contributed by atoms with Gasteiger partial charge in [0.2, 0.25) is 0 Å². The maximum atomic E-state index is 9.62. The summed E-state index contributed by atoms with van der Waals surface area (Å²) in [7, 11) is 0. The molecule has 7 heteroatoms. The molecule has 0 amide bonds. The summed E-state index contributed by atoms with van der Waals surface area (Å²) in [5, 5.41) is 19.0. The summed E-state index contributed by atoms with van der Waals surface area (Å²) < 4.78 is 8.98. The van der Waals surface area contributed by atoms with E-state index in [9.17, 15) is 10.5 Å². The van der Waals surface area contributed by atoms with E-state index in [-0.39, 0.29) is 0 Å². The maximum absolute atomic E-state index is 9.62. The zero-order chi connectivity index (χ0) is 25.2. The van der Waals surface area contributed by atoms with Crippen molar-refractivity contribution in [3.05, 3.63) is 70.3 Å². The molecule has 3 aromatic carbocycles. The first-order valence-electron chi connectivity index (χ1n) is 12.0. The lowest BCUT2D eigenvalue weighted by Crippen LogP contribution is -2.00. The Balaban J connectivity index is 1.75. The molecule has 5 rings (SSSR count). The number of benzene rings is 3. The predicted molar refractivity (Wildman–Crippen MR) is 144 cm³/mol. The van der Waals surface area contributed by atoms with Crippen molar-refractivity contribution >= 4 is 33.8 Å². The number of rotatable bonds is 6. The normalized spacial score (nSPS) is 11.0. The molecule has 0 atom stereocenters. The third-order valence-corrected chi connectivity index (χ3v) is 7.16. The maximum Gasteiger partial charge on any atom is 0.110 e. The minimum atomic E-state index is 0.321. The molecule has 0 spiro atoms. The van der Waals surface area contributed by atoms with Crippen molar-refractivity contribution in [3.63, 3.8) is 0 Å². The molecule has 2 heterocycles. The fourth-order valence-corrected chi connectivity index (χ4v) is 5.21. The number of nitrogens with zero attached hydrogens (tertiary/aromatic N) is 6. The van der Waals surface area contributed by atoms with Gasteiger partial charge in [-0.05, 0) is 44.4 Å². The lowest BCUT2D eigenvalue weighted by Gasteiger charge is -2.14. The topological polar surface area (TPSA) is 99.1 Å². The Hall–Kier alpha value is -4.20. The van der Waals surface area contributed by atoms with Crippen LogP contribution in [0.3, 0.4) is 0 Å². The van der Waals surface area contributed by atoms with Gasteiger partial charge in [-0.2, -0.15) is 19.3 Å². The summed E-state index contributed by atoms with van der Waals surface area (Å²) in [6.07, 6.45) is 4.65. The first-order chi connectivity index (χ1) is 17.5. The highest BCUT2D eigenvalue weighted by atomic mass is 32.1. The van der Waals surface area contributed by atoms with Crippen molar-refractivity contribution in [3.8, 4) is 34.7 Å².